The van der Waals surface area contributed by atoms with Gasteiger partial charge in [-0.1, -0.05) is 30.3 Å². The van der Waals surface area contributed by atoms with E-state index in [9.17, 15) is 13.6 Å². The number of rotatable bonds is 5. The first-order valence-corrected chi connectivity index (χ1v) is 7.57. The van der Waals surface area contributed by atoms with Crippen molar-refractivity contribution in [2.24, 2.45) is 0 Å². The highest BCUT2D eigenvalue weighted by molar-refractivity contribution is 7.20. The van der Waals surface area contributed by atoms with E-state index >= 15 is 0 Å². The molecule has 0 aliphatic rings. The molecule has 0 N–H and O–H groups in total. The maximum atomic E-state index is 12.4. The Morgan fingerprint density at radius 3 is 2.65 bits per heavy atom. The zero-order valence-corrected chi connectivity index (χ0v) is 12.6. The number of ketones is 1. The lowest BCUT2D eigenvalue weighted by Crippen LogP contribution is -2.03. The van der Waals surface area contributed by atoms with Crippen LogP contribution in [-0.4, -0.2) is 17.4 Å². The lowest BCUT2D eigenvalue weighted by atomic mass is 10.1. The summed E-state index contributed by atoms with van der Waals surface area (Å²) < 4.78 is 30.1. The third-order valence-electron chi connectivity index (χ3n) is 3.05. The normalized spacial score (nSPS) is 11.4. The Morgan fingerprint density at radius 1 is 1.13 bits per heavy atom. The van der Waals surface area contributed by atoms with Crippen molar-refractivity contribution in [2.45, 2.75) is 6.61 Å². The summed E-state index contributed by atoms with van der Waals surface area (Å²) in [6.07, 6.45) is 2.76. The smallest absolute Gasteiger partial charge is 0.387 e. The second-order valence-corrected chi connectivity index (χ2v) is 5.63. The number of fused-ring (bicyclic) bond motifs is 1. The Hall–Kier alpha value is -2.60. The molecule has 0 fully saturated rings. The molecule has 0 saturated heterocycles. The monoisotopic (exact) mass is 331 g/mol. The zero-order valence-electron chi connectivity index (χ0n) is 11.8. The number of carbonyl (C=O) groups is 1. The van der Waals surface area contributed by atoms with Crippen LogP contribution in [0.2, 0.25) is 0 Å². The summed E-state index contributed by atoms with van der Waals surface area (Å²) >= 11 is 1.29. The molecule has 2 aromatic carbocycles. The summed E-state index contributed by atoms with van der Waals surface area (Å²) in [4.78, 5) is 16.5. The molecular weight excluding hydrogens is 320 g/mol. The summed E-state index contributed by atoms with van der Waals surface area (Å²) in [7, 11) is 0. The van der Waals surface area contributed by atoms with Gasteiger partial charge in [-0.15, -0.1) is 11.3 Å². The van der Waals surface area contributed by atoms with Crippen molar-refractivity contribution in [1.82, 2.24) is 4.98 Å². The number of allylic oxidation sites excluding steroid dienone is 1. The van der Waals surface area contributed by atoms with Crippen molar-refractivity contribution in [1.29, 1.82) is 0 Å². The molecule has 23 heavy (non-hydrogen) atoms. The molecule has 0 spiro atoms. The number of hydrogen-bond acceptors (Lipinski definition) is 4. The fraction of sp³-hybridized carbons (Fsp3) is 0.0588. The van der Waals surface area contributed by atoms with Crippen molar-refractivity contribution in [3.8, 4) is 5.75 Å². The van der Waals surface area contributed by atoms with E-state index in [0.717, 1.165) is 10.2 Å². The van der Waals surface area contributed by atoms with Crippen molar-refractivity contribution in [3.05, 3.63) is 65.2 Å². The predicted octanol–water partition coefficient (Wildman–Crippen LogP) is 4.79. The van der Waals surface area contributed by atoms with Gasteiger partial charge >= 0.3 is 6.61 Å². The first-order chi connectivity index (χ1) is 11.1. The van der Waals surface area contributed by atoms with Gasteiger partial charge in [0.15, 0.2) is 5.01 Å². The molecule has 3 rings (SSSR count). The van der Waals surface area contributed by atoms with Crippen LogP contribution < -0.4 is 4.74 Å². The lowest BCUT2D eigenvalue weighted by molar-refractivity contribution is -0.0499. The van der Waals surface area contributed by atoms with E-state index in [1.54, 1.807) is 18.2 Å². The Kier molecular flexibility index (Phi) is 4.43. The highest BCUT2D eigenvalue weighted by atomic mass is 32.1. The SMILES string of the molecule is O=C(/C=C/c1ccccc1OC(F)F)c1nc2ccccc2s1. The van der Waals surface area contributed by atoms with Crippen LogP contribution in [-0.2, 0) is 0 Å². The second-order valence-electron chi connectivity index (χ2n) is 4.60. The lowest BCUT2D eigenvalue weighted by Gasteiger charge is -2.06. The van der Waals surface area contributed by atoms with E-state index in [2.05, 4.69) is 9.72 Å². The molecule has 0 atom stereocenters. The molecule has 0 radical (unpaired) electrons. The standard InChI is InChI=1S/C17H11F2NO2S/c18-17(19)22-14-7-3-1-5-11(14)9-10-13(21)16-20-12-6-2-4-8-15(12)23-16/h1-10,17H/b10-9+. The highest BCUT2D eigenvalue weighted by Crippen LogP contribution is 2.24. The molecule has 1 aromatic heterocycles. The number of aromatic nitrogens is 1. The summed E-state index contributed by atoms with van der Waals surface area (Å²) in [6.45, 7) is -2.91. The first-order valence-electron chi connectivity index (χ1n) is 6.75. The van der Waals surface area contributed by atoms with Crippen molar-refractivity contribution in [3.63, 3.8) is 0 Å². The number of ether oxygens (including phenoxy) is 1. The molecule has 0 unspecified atom stereocenters. The van der Waals surface area contributed by atoms with Gasteiger partial charge in [-0.05, 0) is 30.4 Å². The van der Waals surface area contributed by atoms with Gasteiger partial charge in [-0.2, -0.15) is 8.78 Å². The Bertz CT molecular complexity index is 841. The maximum absolute atomic E-state index is 12.4. The number of alkyl halides is 2. The molecular formula is C17H11F2NO2S. The minimum Gasteiger partial charge on any atom is -0.434 e. The van der Waals surface area contributed by atoms with Gasteiger partial charge in [-0.25, -0.2) is 4.98 Å². The Morgan fingerprint density at radius 2 is 1.87 bits per heavy atom. The molecule has 0 saturated carbocycles. The van der Waals surface area contributed by atoms with Crippen molar-refractivity contribution >= 4 is 33.4 Å². The van der Waals surface area contributed by atoms with E-state index < -0.39 is 6.61 Å². The molecule has 0 bridgehead atoms. The average Bonchev–Trinajstić information content (AvgIpc) is 2.97. The maximum Gasteiger partial charge on any atom is 0.387 e. The van der Waals surface area contributed by atoms with Gasteiger partial charge in [-0.3, -0.25) is 4.79 Å². The van der Waals surface area contributed by atoms with Crippen molar-refractivity contribution in [2.75, 3.05) is 0 Å². The van der Waals surface area contributed by atoms with E-state index in [1.807, 2.05) is 24.3 Å². The highest BCUT2D eigenvalue weighted by Gasteiger charge is 2.10. The number of para-hydroxylation sites is 2. The topological polar surface area (TPSA) is 39.2 Å². The largest absolute Gasteiger partial charge is 0.434 e. The number of carbonyl (C=O) groups excluding carboxylic acids is 1. The third kappa shape index (κ3) is 3.60. The second kappa shape index (κ2) is 6.66. The van der Waals surface area contributed by atoms with Gasteiger partial charge in [0, 0.05) is 5.56 Å². The summed E-state index contributed by atoms with van der Waals surface area (Å²) in [5, 5.41) is 0.356. The summed E-state index contributed by atoms with van der Waals surface area (Å²) in [5.41, 5.74) is 1.16. The number of thiazole rings is 1. The van der Waals surface area contributed by atoms with Crippen LogP contribution in [0, 0.1) is 0 Å². The van der Waals surface area contributed by atoms with Crippen LogP contribution in [0.15, 0.2) is 54.6 Å². The zero-order chi connectivity index (χ0) is 16.2. The Balaban J connectivity index is 1.83. The molecule has 3 nitrogen and oxygen atoms in total. The number of nitrogens with zero attached hydrogens (tertiary/aromatic N) is 1. The van der Waals surface area contributed by atoms with E-state index in [4.69, 9.17) is 0 Å². The van der Waals surface area contributed by atoms with Gasteiger partial charge in [0.2, 0.25) is 5.78 Å². The van der Waals surface area contributed by atoms with Gasteiger partial charge in [0.25, 0.3) is 0 Å². The summed E-state index contributed by atoms with van der Waals surface area (Å²) in [5.74, 6) is -0.256. The van der Waals surface area contributed by atoms with E-state index in [-0.39, 0.29) is 11.5 Å². The fourth-order valence-corrected chi connectivity index (χ4v) is 2.92. The third-order valence-corrected chi connectivity index (χ3v) is 4.10. The summed E-state index contributed by atoms with van der Waals surface area (Å²) in [6, 6.07) is 13.7. The number of hydrogen-bond donors (Lipinski definition) is 0. The number of halogens is 2. The molecule has 0 aliphatic heterocycles. The van der Waals surface area contributed by atoms with Crippen LogP contribution >= 0.6 is 11.3 Å². The van der Waals surface area contributed by atoms with E-state index in [1.165, 1.54) is 29.6 Å². The Labute approximate surface area is 134 Å². The van der Waals surface area contributed by atoms with E-state index in [0.29, 0.717) is 10.6 Å². The molecule has 0 amide bonds. The molecule has 3 aromatic rings. The van der Waals surface area contributed by atoms with Gasteiger partial charge < -0.3 is 4.74 Å². The molecule has 1 heterocycles. The fourth-order valence-electron chi connectivity index (χ4n) is 2.04. The average molecular weight is 331 g/mol. The van der Waals surface area contributed by atoms with Crippen molar-refractivity contribution < 1.29 is 18.3 Å². The van der Waals surface area contributed by atoms with Crippen LogP contribution in [0.4, 0.5) is 8.78 Å². The van der Waals surface area contributed by atoms with Crippen LogP contribution in [0.1, 0.15) is 15.4 Å². The van der Waals surface area contributed by atoms with Crippen LogP contribution in [0.5, 0.6) is 5.75 Å². The number of benzene rings is 2. The van der Waals surface area contributed by atoms with Gasteiger partial charge in [0.1, 0.15) is 5.75 Å². The molecule has 0 aliphatic carbocycles. The van der Waals surface area contributed by atoms with Gasteiger partial charge in [0.05, 0.1) is 10.2 Å². The molecule has 116 valence electrons. The predicted molar refractivity (Wildman–Crippen MR) is 86.1 cm³/mol. The minimum absolute atomic E-state index is 0.0239. The quantitative estimate of drug-likeness (QED) is 0.498. The van der Waals surface area contributed by atoms with Crippen LogP contribution in [0.3, 0.4) is 0 Å². The first kappa shape index (κ1) is 15.3. The molecule has 6 heteroatoms. The van der Waals surface area contributed by atoms with Crippen LogP contribution in [0.25, 0.3) is 16.3 Å². The minimum atomic E-state index is -2.91.